The molecule has 1 aromatic carbocycles. The van der Waals surface area contributed by atoms with Crippen molar-refractivity contribution in [2.45, 2.75) is 24.6 Å². The quantitative estimate of drug-likeness (QED) is 0.848. The first-order valence-corrected chi connectivity index (χ1v) is 7.06. The fourth-order valence-corrected chi connectivity index (χ4v) is 2.78. The van der Waals surface area contributed by atoms with Gasteiger partial charge in [-0.3, -0.25) is 4.79 Å². The summed E-state index contributed by atoms with van der Waals surface area (Å²) in [5.41, 5.74) is 0.702. The van der Waals surface area contributed by atoms with Crippen LogP contribution in [-0.4, -0.2) is 17.8 Å². The number of carbonyl (C=O) groups is 1. The first-order valence-electron chi connectivity index (χ1n) is 5.83. The Morgan fingerprint density at radius 1 is 1.35 bits per heavy atom. The fourth-order valence-electron chi connectivity index (χ4n) is 2.14. The highest BCUT2D eigenvalue weighted by Gasteiger charge is 2.23. The van der Waals surface area contributed by atoms with E-state index < -0.39 is 0 Å². The lowest BCUT2D eigenvalue weighted by atomic mass is 10.1. The Hall–Kier alpha value is -0.540. The molecule has 17 heavy (non-hydrogen) atoms. The number of benzene rings is 1. The second-order valence-electron chi connectivity index (χ2n) is 4.49. The Morgan fingerprint density at radius 2 is 2.06 bits per heavy atom. The highest BCUT2D eigenvalue weighted by molar-refractivity contribution is 9.10. The average Bonchev–Trinajstić information content (AvgIpc) is 2.73. The summed E-state index contributed by atoms with van der Waals surface area (Å²) in [5.74, 6) is 0.535. The number of rotatable bonds is 3. The third kappa shape index (κ3) is 3.71. The van der Waals surface area contributed by atoms with E-state index in [0.717, 1.165) is 30.3 Å². The molecule has 1 aliphatic carbocycles. The lowest BCUT2D eigenvalue weighted by Crippen LogP contribution is -2.28. The molecule has 0 spiro atoms. The number of carbonyl (C=O) groups excluding carboxylic acids is 1. The minimum Gasteiger partial charge on any atom is -0.352 e. The maximum absolute atomic E-state index is 11.8. The molecule has 1 aromatic rings. The molecular formula is C13H15BrClNO. The molecular weight excluding hydrogens is 302 g/mol. The van der Waals surface area contributed by atoms with Crippen LogP contribution in [0.15, 0.2) is 28.7 Å². The molecule has 1 fully saturated rings. The Kier molecular flexibility index (Phi) is 4.46. The smallest absolute Gasteiger partial charge is 0.251 e. The molecule has 4 heteroatoms. The minimum atomic E-state index is -0.00415. The Labute approximate surface area is 115 Å². The van der Waals surface area contributed by atoms with Gasteiger partial charge in [-0.25, -0.2) is 0 Å². The predicted molar refractivity (Wildman–Crippen MR) is 73.5 cm³/mol. The summed E-state index contributed by atoms with van der Waals surface area (Å²) < 4.78 is 0.981. The number of hydrogen-bond acceptors (Lipinski definition) is 1. The van der Waals surface area contributed by atoms with Gasteiger partial charge in [-0.1, -0.05) is 15.9 Å². The van der Waals surface area contributed by atoms with E-state index in [1.165, 1.54) is 0 Å². The number of amides is 1. The normalized spacial score (nSPS) is 23.6. The summed E-state index contributed by atoms with van der Waals surface area (Å²) >= 11 is 9.39. The van der Waals surface area contributed by atoms with Crippen molar-refractivity contribution in [3.8, 4) is 0 Å². The van der Waals surface area contributed by atoms with E-state index in [0.29, 0.717) is 16.9 Å². The first-order chi connectivity index (χ1) is 8.15. The zero-order valence-corrected chi connectivity index (χ0v) is 11.8. The van der Waals surface area contributed by atoms with Crippen molar-refractivity contribution >= 4 is 33.4 Å². The van der Waals surface area contributed by atoms with E-state index in [9.17, 15) is 4.79 Å². The van der Waals surface area contributed by atoms with Crippen LogP contribution in [-0.2, 0) is 0 Å². The summed E-state index contributed by atoms with van der Waals surface area (Å²) in [6.07, 6.45) is 3.21. The van der Waals surface area contributed by atoms with Gasteiger partial charge in [0.2, 0.25) is 0 Å². The van der Waals surface area contributed by atoms with Crippen LogP contribution in [0, 0.1) is 5.92 Å². The second kappa shape index (κ2) is 5.87. The van der Waals surface area contributed by atoms with Crippen LogP contribution in [0.2, 0.25) is 0 Å². The molecule has 2 atom stereocenters. The topological polar surface area (TPSA) is 29.1 Å². The van der Waals surface area contributed by atoms with Gasteiger partial charge in [0.15, 0.2) is 0 Å². The molecule has 1 aliphatic rings. The molecule has 0 aromatic heterocycles. The van der Waals surface area contributed by atoms with E-state index >= 15 is 0 Å². The molecule has 0 radical (unpaired) electrons. The minimum absolute atomic E-state index is 0.00415. The summed E-state index contributed by atoms with van der Waals surface area (Å²) in [4.78, 5) is 11.8. The van der Waals surface area contributed by atoms with Crippen LogP contribution in [0.5, 0.6) is 0 Å². The predicted octanol–water partition coefficient (Wildman–Crippen LogP) is 3.59. The summed E-state index contributed by atoms with van der Waals surface area (Å²) in [5, 5.41) is 3.26. The van der Waals surface area contributed by atoms with Crippen molar-refractivity contribution in [2.24, 2.45) is 5.92 Å². The number of hydrogen-bond donors (Lipinski definition) is 1. The molecule has 1 N–H and O–H groups in total. The van der Waals surface area contributed by atoms with Gasteiger partial charge in [0.25, 0.3) is 5.91 Å². The molecule has 1 amide bonds. The SMILES string of the molecule is O=C(NCC1CCC(Cl)C1)c1ccc(Br)cc1. The van der Waals surface area contributed by atoms with Crippen LogP contribution in [0.3, 0.4) is 0 Å². The van der Waals surface area contributed by atoms with E-state index in [-0.39, 0.29) is 5.91 Å². The van der Waals surface area contributed by atoms with Gasteiger partial charge >= 0.3 is 0 Å². The van der Waals surface area contributed by atoms with Gasteiger partial charge in [-0.15, -0.1) is 11.6 Å². The maximum atomic E-state index is 11.8. The molecule has 92 valence electrons. The third-order valence-corrected chi connectivity index (χ3v) is 4.06. The van der Waals surface area contributed by atoms with Crippen LogP contribution in [0.1, 0.15) is 29.6 Å². The zero-order valence-electron chi connectivity index (χ0n) is 9.46. The molecule has 2 rings (SSSR count). The van der Waals surface area contributed by atoms with Crippen molar-refractivity contribution < 1.29 is 4.79 Å². The van der Waals surface area contributed by atoms with Gasteiger partial charge in [0, 0.05) is 22.0 Å². The summed E-state index contributed by atoms with van der Waals surface area (Å²) in [7, 11) is 0. The lowest BCUT2D eigenvalue weighted by Gasteiger charge is -2.10. The highest BCUT2D eigenvalue weighted by atomic mass is 79.9. The van der Waals surface area contributed by atoms with Crippen molar-refractivity contribution in [3.05, 3.63) is 34.3 Å². The molecule has 2 nitrogen and oxygen atoms in total. The van der Waals surface area contributed by atoms with E-state index in [1.807, 2.05) is 24.3 Å². The molecule has 1 saturated carbocycles. The molecule has 0 aliphatic heterocycles. The Morgan fingerprint density at radius 3 is 2.65 bits per heavy atom. The van der Waals surface area contributed by atoms with Crippen molar-refractivity contribution in [1.29, 1.82) is 0 Å². The van der Waals surface area contributed by atoms with Crippen LogP contribution in [0.4, 0.5) is 0 Å². The number of alkyl halides is 1. The Balaban J connectivity index is 1.83. The number of halogens is 2. The van der Waals surface area contributed by atoms with Gasteiger partial charge in [-0.05, 0) is 49.4 Å². The van der Waals surface area contributed by atoms with Crippen molar-refractivity contribution in [3.63, 3.8) is 0 Å². The molecule has 0 saturated heterocycles. The number of nitrogens with one attached hydrogen (secondary N) is 1. The van der Waals surface area contributed by atoms with E-state index in [1.54, 1.807) is 0 Å². The zero-order chi connectivity index (χ0) is 12.3. The average molecular weight is 317 g/mol. The largest absolute Gasteiger partial charge is 0.352 e. The lowest BCUT2D eigenvalue weighted by molar-refractivity contribution is 0.0947. The third-order valence-electron chi connectivity index (χ3n) is 3.13. The fraction of sp³-hybridized carbons (Fsp3) is 0.462. The molecule has 0 heterocycles. The van der Waals surface area contributed by atoms with Crippen LogP contribution in [0.25, 0.3) is 0 Å². The second-order valence-corrected chi connectivity index (χ2v) is 6.03. The van der Waals surface area contributed by atoms with Crippen molar-refractivity contribution in [1.82, 2.24) is 5.32 Å². The Bertz CT molecular complexity index is 393. The monoisotopic (exact) mass is 315 g/mol. The van der Waals surface area contributed by atoms with Crippen molar-refractivity contribution in [2.75, 3.05) is 6.54 Å². The van der Waals surface area contributed by atoms with E-state index in [4.69, 9.17) is 11.6 Å². The van der Waals surface area contributed by atoms with Crippen LogP contribution < -0.4 is 5.32 Å². The van der Waals surface area contributed by atoms with Gasteiger partial charge in [-0.2, -0.15) is 0 Å². The standard InChI is InChI=1S/C13H15BrClNO/c14-11-4-2-10(3-5-11)13(17)16-8-9-1-6-12(15)7-9/h2-5,9,12H,1,6-8H2,(H,16,17). The van der Waals surface area contributed by atoms with Gasteiger partial charge < -0.3 is 5.32 Å². The van der Waals surface area contributed by atoms with Gasteiger partial charge in [0.1, 0.15) is 0 Å². The van der Waals surface area contributed by atoms with Crippen LogP contribution >= 0.6 is 27.5 Å². The first kappa shape index (κ1) is 12.9. The maximum Gasteiger partial charge on any atom is 0.251 e. The molecule has 0 bridgehead atoms. The van der Waals surface area contributed by atoms with Gasteiger partial charge in [0.05, 0.1) is 0 Å². The summed E-state index contributed by atoms with van der Waals surface area (Å²) in [6.45, 7) is 0.734. The highest BCUT2D eigenvalue weighted by Crippen LogP contribution is 2.28. The van der Waals surface area contributed by atoms with E-state index in [2.05, 4.69) is 21.2 Å². The summed E-state index contributed by atoms with van der Waals surface area (Å²) in [6, 6.07) is 7.38. The molecule has 2 unspecified atom stereocenters.